The van der Waals surface area contributed by atoms with Gasteiger partial charge in [0.2, 0.25) is 5.91 Å². The van der Waals surface area contributed by atoms with Crippen molar-refractivity contribution in [3.63, 3.8) is 0 Å². The molecule has 0 fully saturated rings. The lowest BCUT2D eigenvalue weighted by Crippen LogP contribution is -2.38. The Bertz CT molecular complexity index is 530. The monoisotopic (exact) mass is 304 g/mol. The lowest BCUT2D eigenvalue weighted by Gasteiger charge is -2.19. The topological polar surface area (TPSA) is 69.6 Å². The van der Waals surface area contributed by atoms with Crippen molar-refractivity contribution in [2.45, 2.75) is 18.6 Å². The third-order valence-electron chi connectivity index (χ3n) is 2.76. The molecule has 2 N–H and O–H groups in total. The van der Waals surface area contributed by atoms with Crippen LogP contribution in [0.1, 0.15) is 12.0 Å². The molecule has 1 atom stereocenters. The minimum Gasteiger partial charge on any atom is -0.480 e. The largest absolute Gasteiger partial charge is 0.480 e. The number of carbonyl (C=O) groups is 2. The summed E-state index contributed by atoms with van der Waals surface area (Å²) in [4.78, 5) is 24.0. The van der Waals surface area contributed by atoms with Crippen molar-refractivity contribution in [1.29, 1.82) is 0 Å². The first-order valence-corrected chi connectivity index (χ1v) is 5.97. The molecule has 0 aliphatic rings. The van der Waals surface area contributed by atoms with Gasteiger partial charge in [0, 0.05) is 5.69 Å². The van der Waals surface area contributed by atoms with Crippen LogP contribution in [0.25, 0.3) is 0 Å². The number of carbonyl (C=O) groups excluding carboxylic acids is 1. The van der Waals surface area contributed by atoms with Gasteiger partial charge in [-0.05, 0) is 32.3 Å². The van der Waals surface area contributed by atoms with Crippen LogP contribution < -0.4 is 5.32 Å². The molecule has 0 saturated carbocycles. The number of alkyl halides is 3. The van der Waals surface area contributed by atoms with E-state index in [1.807, 2.05) is 0 Å². The number of halogens is 3. The third-order valence-corrected chi connectivity index (χ3v) is 2.76. The molecule has 0 aliphatic carbocycles. The van der Waals surface area contributed by atoms with E-state index < -0.39 is 29.7 Å². The van der Waals surface area contributed by atoms with Gasteiger partial charge in [-0.3, -0.25) is 14.5 Å². The number of carboxylic acids is 1. The first-order valence-electron chi connectivity index (χ1n) is 5.97. The third kappa shape index (κ3) is 5.07. The summed E-state index contributed by atoms with van der Waals surface area (Å²) in [6, 6.07) is 3.10. The average Bonchev–Trinajstić information content (AvgIpc) is 2.34. The molecule has 21 heavy (non-hydrogen) atoms. The molecular weight excluding hydrogens is 289 g/mol. The molecule has 1 aromatic rings. The van der Waals surface area contributed by atoms with Gasteiger partial charge in [-0.25, -0.2) is 0 Å². The molecule has 0 radical (unpaired) electrons. The Labute approximate surface area is 119 Å². The SMILES string of the molecule is CN(C)C(CC(=O)Nc1cccc(C(F)(F)F)c1)C(=O)O. The maximum absolute atomic E-state index is 12.5. The normalized spacial score (nSPS) is 13.0. The fourth-order valence-corrected chi connectivity index (χ4v) is 1.65. The number of nitrogens with zero attached hydrogens (tertiary/aromatic N) is 1. The maximum Gasteiger partial charge on any atom is 0.416 e. The number of amides is 1. The summed E-state index contributed by atoms with van der Waals surface area (Å²) in [5, 5.41) is 11.2. The molecule has 0 spiro atoms. The Morgan fingerprint density at radius 2 is 1.95 bits per heavy atom. The van der Waals surface area contributed by atoms with E-state index in [1.54, 1.807) is 0 Å². The Hall–Kier alpha value is -2.09. The quantitative estimate of drug-likeness (QED) is 0.873. The summed E-state index contributed by atoms with van der Waals surface area (Å²) in [5.74, 6) is -1.85. The summed E-state index contributed by atoms with van der Waals surface area (Å²) in [6.07, 6.45) is -4.87. The van der Waals surface area contributed by atoms with Crippen LogP contribution in [0.5, 0.6) is 0 Å². The van der Waals surface area contributed by atoms with Gasteiger partial charge in [0.1, 0.15) is 6.04 Å². The molecule has 0 aliphatic heterocycles. The highest BCUT2D eigenvalue weighted by atomic mass is 19.4. The van der Waals surface area contributed by atoms with Crippen LogP contribution >= 0.6 is 0 Å². The molecule has 1 rings (SSSR count). The predicted octanol–water partition coefficient (Wildman–Crippen LogP) is 2.05. The van der Waals surface area contributed by atoms with Crippen molar-refractivity contribution in [1.82, 2.24) is 4.90 Å². The van der Waals surface area contributed by atoms with Gasteiger partial charge in [-0.15, -0.1) is 0 Å². The van der Waals surface area contributed by atoms with Crippen LogP contribution in [0.3, 0.4) is 0 Å². The van der Waals surface area contributed by atoms with Crippen LogP contribution in [0, 0.1) is 0 Å². The number of benzene rings is 1. The molecule has 0 heterocycles. The smallest absolute Gasteiger partial charge is 0.416 e. The Balaban J connectivity index is 2.77. The number of likely N-dealkylation sites (N-methyl/N-ethyl adjacent to an activating group) is 1. The summed E-state index contributed by atoms with van der Waals surface area (Å²) in [7, 11) is 2.99. The van der Waals surface area contributed by atoms with Crippen LogP contribution in [-0.4, -0.2) is 42.0 Å². The predicted molar refractivity (Wildman–Crippen MR) is 69.8 cm³/mol. The van der Waals surface area contributed by atoms with E-state index in [1.165, 1.54) is 31.1 Å². The fraction of sp³-hybridized carbons (Fsp3) is 0.385. The second-order valence-electron chi connectivity index (χ2n) is 4.65. The first-order chi connectivity index (χ1) is 9.61. The minimum absolute atomic E-state index is 0.0299. The minimum atomic E-state index is -4.51. The number of nitrogens with one attached hydrogen (secondary N) is 1. The van der Waals surface area contributed by atoms with E-state index in [2.05, 4.69) is 5.32 Å². The van der Waals surface area contributed by atoms with Crippen LogP contribution in [0.4, 0.5) is 18.9 Å². The summed E-state index contributed by atoms with van der Waals surface area (Å²) >= 11 is 0. The van der Waals surface area contributed by atoms with E-state index in [4.69, 9.17) is 5.11 Å². The zero-order valence-electron chi connectivity index (χ0n) is 11.4. The molecule has 5 nitrogen and oxygen atoms in total. The van der Waals surface area contributed by atoms with Gasteiger partial charge in [-0.2, -0.15) is 13.2 Å². The molecule has 0 saturated heterocycles. The standard InChI is InChI=1S/C13H15F3N2O3/c1-18(2)10(12(20)21)7-11(19)17-9-5-3-4-8(6-9)13(14,15)16/h3-6,10H,7H2,1-2H3,(H,17,19)(H,20,21). The molecule has 8 heteroatoms. The number of carboxylic acid groups (broad SMARTS) is 1. The number of hydrogen-bond acceptors (Lipinski definition) is 3. The van der Waals surface area contributed by atoms with Gasteiger partial charge in [0.25, 0.3) is 0 Å². The first kappa shape index (κ1) is 17.0. The van der Waals surface area contributed by atoms with E-state index >= 15 is 0 Å². The molecule has 1 amide bonds. The van der Waals surface area contributed by atoms with Crippen molar-refractivity contribution in [3.05, 3.63) is 29.8 Å². The van der Waals surface area contributed by atoms with Crippen molar-refractivity contribution in [2.24, 2.45) is 0 Å². The van der Waals surface area contributed by atoms with Crippen molar-refractivity contribution in [3.8, 4) is 0 Å². The lowest BCUT2D eigenvalue weighted by molar-refractivity contribution is -0.144. The Morgan fingerprint density at radius 1 is 1.33 bits per heavy atom. The maximum atomic E-state index is 12.5. The Kier molecular flexibility index (Phi) is 5.31. The second kappa shape index (κ2) is 6.57. The fourth-order valence-electron chi connectivity index (χ4n) is 1.65. The van der Waals surface area contributed by atoms with Crippen molar-refractivity contribution in [2.75, 3.05) is 19.4 Å². The van der Waals surface area contributed by atoms with E-state index in [-0.39, 0.29) is 12.1 Å². The highest BCUT2D eigenvalue weighted by molar-refractivity contribution is 5.94. The zero-order valence-corrected chi connectivity index (χ0v) is 11.4. The van der Waals surface area contributed by atoms with Gasteiger partial charge >= 0.3 is 12.1 Å². The average molecular weight is 304 g/mol. The van der Waals surface area contributed by atoms with E-state index in [0.717, 1.165) is 12.1 Å². The van der Waals surface area contributed by atoms with Gasteiger partial charge in [-0.1, -0.05) is 6.07 Å². The molecule has 0 aromatic heterocycles. The van der Waals surface area contributed by atoms with E-state index in [9.17, 15) is 22.8 Å². The summed E-state index contributed by atoms with van der Waals surface area (Å²) in [5.41, 5.74) is -0.916. The molecule has 0 bridgehead atoms. The molecular formula is C13H15F3N2O3. The molecule has 1 unspecified atom stereocenters. The van der Waals surface area contributed by atoms with Crippen LogP contribution in [0.2, 0.25) is 0 Å². The second-order valence-corrected chi connectivity index (χ2v) is 4.65. The highest BCUT2D eigenvalue weighted by Crippen LogP contribution is 2.30. The number of hydrogen-bond donors (Lipinski definition) is 2. The number of rotatable bonds is 5. The van der Waals surface area contributed by atoms with E-state index in [0.29, 0.717) is 0 Å². The van der Waals surface area contributed by atoms with Gasteiger partial charge < -0.3 is 10.4 Å². The molecule has 116 valence electrons. The lowest BCUT2D eigenvalue weighted by atomic mass is 10.1. The molecule has 1 aromatic carbocycles. The van der Waals surface area contributed by atoms with Gasteiger partial charge in [0.05, 0.1) is 12.0 Å². The highest BCUT2D eigenvalue weighted by Gasteiger charge is 2.30. The van der Waals surface area contributed by atoms with Gasteiger partial charge in [0.15, 0.2) is 0 Å². The van der Waals surface area contributed by atoms with Crippen LogP contribution in [0.15, 0.2) is 24.3 Å². The summed E-state index contributed by atoms with van der Waals surface area (Å²) in [6.45, 7) is 0. The Morgan fingerprint density at radius 3 is 2.43 bits per heavy atom. The number of aliphatic carboxylic acids is 1. The van der Waals surface area contributed by atoms with Crippen molar-refractivity contribution >= 4 is 17.6 Å². The summed E-state index contributed by atoms with van der Waals surface area (Å²) < 4.78 is 37.6. The zero-order chi connectivity index (χ0) is 16.2. The van der Waals surface area contributed by atoms with Crippen LogP contribution in [-0.2, 0) is 15.8 Å². The number of anilines is 1. The van der Waals surface area contributed by atoms with Crippen molar-refractivity contribution < 1.29 is 27.9 Å².